The molecule has 3 aliphatic rings. The Morgan fingerprint density at radius 2 is 2.00 bits per heavy atom. The highest BCUT2D eigenvalue weighted by Gasteiger charge is 2.43. The highest BCUT2D eigenvalue weighted by atomic mass is 35.5. The molecule has 23 heavy (non-hydrogen) atoms. The Hall–Kier alpha value is -1.71. The molecule has 0 aromatic heterocycles. The second-order valence-electron chi connectivity index (χ2n) is 6.63. The Labute approximate surface area is 141 Å². The maximum atomic E-state index is 6.03. The lowest BCUT2D eigenvalue weighted by atomic mass is 9.88. The van der Waals surface area contributed by atoms with Gasteiger partial charge in [0.2, 0.25) is 0 Å². The van der Waals surface area contributed by atoms with Crippen LogP contribution in [0.2, 0.25) is 5.02 Å². The molecule has 0 bridgehead atoms. The Balaban J connectivity index is 1.66. The van der Waals surface area contributed by atoms with Crippen LogP contribution in [0, 0.1) is 0 Å². The SMILES string of the molecule is Clc1ccc(-c2cc3c4c(c2)[C@@H]2CNCC[C@@H]2N4CCO3)cc1. The topological polar surface area (TPSA) is 24.5 Å². The smallest absolute Gasteiger partial charge is 0.143 e. The standard InChI is InChI=1S/C19H19ClN2O/c20-14-3-1-12(2-4-14)13-9-15-16-11-21-6-5-17(16)22-7-8-23-18(10-13)19(15)22/h1-4,9-10,16-17,21H,5-8,11H2/t16-,17-/m0/s1. The lowest BCUT2D eigenvalue weighted by Gasteiger charge is -2.36. The van der Waals surface area contributed by atoms with Crippen molar-refractivity contribution in [3.05, 3.63) is 47.0 Å². The molecule has 1 fully saturated rings. The molecular weight excluding hydrogens is 308 g/mol. The average Bonchev–Trinajstić information content (AvgIpc) is 2.92. The molecule has 2 aromatic carbocycles. The minimum Gasteiger partial charge on any atom is -0.490 e. The molecule has 3 aliphatic heterocycles. The quantitative estimate of drug-likeness (QED) is 0.865. The third-order valence-electron chi connectivity index (χ3n) is 5.40. The van der Waals surface area contributed by atoms with Crippen LogP contribution in [0.15, 0.2) is 36.4 Å². The number of halogens is 1. The molecule has 4 heteroatoms. The van der Waals surface area contributed by atoms with Crippen molar-refractivity contribution in [2.45, 2.75) is 18.4 Å². The van der Waals surface area contributed by atoms with Gasteiger partial charge < -0.3 is 15.0 Å². The molecule has 0 amide bonds. The van der Waals surface area contributed by atoms with Gasteiger partial charge >= 0.3 is 0 Å². The van der Waals surface area contributed by atoms with Gasteiger partial charge in [0.25, 0.3) is 0 Å². The predicted molar refractivity (Wildman–Crippen MR) is 93.7 cm³/mol. The maximum absolute atomic E-state index is 6.03. The van der Waals surface area contributed by atoms with Gasteiger partial charge in [0.15, 0.2) is 0 Å². The molecular formula is C19H19ClN2O. The number of nitrogens with zero attached hydrogens (tertiary/aromatic N) is 1. The molecule has 3 heterocycles. The normalized spacial score (nSPS) is 24.8. The summed E-state index contributed by atoms with van der Waals surface area (Å²) in [6.07, 6.45) is 1.22. The first-order valence-electron chi connectivity index (χ1n) is 8.35. The molecule has 5 rings (SSSR count). The fourth-order valence-corrected chi connectivity index (χ4v) is 4.50. The molecule has 0 saturated carbocycles. The van der Waals surface area contributed by atoms with E-state index in [4.69, 9.17) is 16.3 Å². The van der Waals surface area contributed by atoms with E-state index in [9.17, 15) is 0 Å². The lowest BCUT2D eigenvalue weighted by molar-refractivity contribution is 0.295. The third kappa shape index (κ3) is 2.07. The summed E-state index contributed by atoms with van der Waals surface area (Å²) in [7, 11) is 0. The Kier molecular flexibility index (Phi) is 3.07. The molecule has 0 unspecified atom stereocenters. The van der Waals surface area contributed by atoms with Gasteiger partial charge in [-0.2, -0.15) is 0 Å². The Bertz CT molecular complexity index is 759. The number of hydrogen-bond acceptors (Lipinski definition) is 3. The Morgan fingerprint density at radius 3 is 2.87 bits per heavy atom. The van der Waals surface area contributed by atoms with Crippen molar-refractivity contribution in [3.63, 3.8) is 0 Å². The van der Waals surface area contributed by atoms with Crippen LogP contribution in [0.4, 0.5) is 5.69 Å². The largest absolute Gasteiger partial charge is 0.490 e. The van der Waals surface area contributed by atoms with Gasteiger partial charge in [-0.1, -0.05) is 23.7 Å². The molecule has 118 valence electrons. The molecule has 0 radical (unpaired) electrons. The van der Waals surface area contributed by atoms with Gasteiger partial charge in [0, 0.05) is 23.5 Å². The molecule has 1 saturated heterocycles. The molecule has 2 atom stereocenters. The zero-order valence-electron chi connectivity index (χ0n) is 12.9. The number of piperidine rings is 1. The number of fused-ring (bicyclic) bond motifs is 3. The van der Waals surface area contributed by atoms with E-state index < -0.39 is 0 Å². The summed E-state index contributed by atoms with van der Waals surface area (Å²) >= 11 is 6.03. The monoisotopic (exact) mass is 326 g/mol. The fourth-order valence-electron chi connectivity index (χ4n) is 4.37. The van der Waals surface area contributed by atoms with Gasteiger partial charge in [-0.25, -0.2) is 0 Å². The van der Waals surface area contributed by atoms with Crippen LogP contribution in [-0.4, -0.2) is 32.3 Å². The van der Waals surface area contributed by atoms with Crippen LogP contribution in [0.1, 0.15) is 17.9 Å². The van der Waals surface area contributed by atoms with Crippen LogP contribution < -0.4 is 15.0 Å². The zero-order chi connectivity index (χ0) is 15.4. The van der Waals surface area contributed by atoms with E-state index in [1.807, 2.05) is 12.1 Å². The first kappa shape index (κ1) is 13.7. The number of rotatable bonds is 1. The van der Waals surface area contributed by atoms with Gasteiger partial charge in [-0.05, 0) is 53.9 Å². The zero-order valence-corrected chi connectivity index (χ0v) is 13.6. The van der Waals surface area contributed by atoms with Crippen LogP contribution in [0.25, 0.3) is 11.1 Å². The Morgan fingerprint density at radius 1 is 1.13 bits per heavy atom. The van der Waals surface area contributed by atoms with Gasteiger partial charge in [-0.15, -0.1) is 0 Å². The van der Waals surface area contributed by atoms with Crippen LogP contribution >= 0.6 is 11.6 Å². The third-order valence-corrected chi connectivity index (χ3v) is 5.66. The minimum atomic E-state index is 0.575. The van der Waals surface area contributed by atoms with Crippen molar-refractivity contribution in [2.75, 3.05) is 31.1 Å². The number of ether oxygens (including phenoxy) is 1. The van der Waals surface area contributed by atoms with E-state index in [2.05, 4.69) is 34.5 Å². The van der Waals surface area contributed by atoms with Crippen molar-refractivity contribution in [1.82, 2.24) is 5.32 Å². The second kappa shape index (κ2) is 5.15. The number of benzene rings is 2. The van der Waals surface area contributed by atoms with E-state index in [1.54, 1.807) is 0 Å². The molecule has 0 spiro atoms. The van der Waals surface area contributed by atoms with E-state index in [1.165, 1.54) is 28.8 Å². The second-order valence-corrected chi connectivity index (χ2v) is 7.06. The van der Waals surface area contributed by atoms with Crippen molar-refractivity contribution >= 4 is 17.3 Å². The van der Waals surface area contributed by atoms with Crippen molar-refractivity contribution < 1.29 is 4.74 Å². The lowest BCUT2D eigenvalue weighted by Crippen LogP contribution is -2.46. The minimum absolute atomic E-state index is 0.575. The van der Waals surface area contributed by atoms with Crippen molar-refractivity contribution in [1.29, 1.82) is 0 Å². The van der Waals surface area contributed by atoms with Crippen molar-refractivity contribution in [2.24, 2.45) is 0 Å². The molecule has 0 aliphatic carbocycles. The fraction of sp³-hybridized carbons (Fsp3) is 0.368. The van der Waals surface area contributed by atoms with Gasteiger partial charge in [0.05, 0.1) is 12.2 Å². The number of nitrogens with one attached hydrogen (secondary N) is 1. The number of hydrogen-bond donors (Lipinski definition) is 1. The van der Waals surface area contributed by atoms with Crippen LogP contribution in [0.3, 0.4) is 0 Å². The van der Waals surface area contributed by atoms with Crippen LogP contribution in [0.5, 0.6) is 5.75 Å². The maximum Gasteiger partial charge on any atom is 0.143 e. The predicted octanol–water partition coefficient (Wildman–Crippen LogP) is 3.66. The molecule has 1 N–H and O–H groups in total. The average molecular weight is 327 g/mol. The summed E-state index contributed by atoms with van der Waals surface area (Å²) in [5, 5.41) is 4.34. The highest BCUT2D eigenvalue weighted by Crippen LogP contribution is 2.51. The van der Waals surface area contributed by atoms with Crippen molar-refractivity contribution in [3.8, 4) is 16.9 Å². The summed E-state index contributed by atoms with van der Waals surface area (Å²) in [5.74, 6) is 1.62. The summed E-state index contributed by atoms with van der Waals surface area (Å²) in [6.45, 7) is 3.98. The summed E-state index contributed by atoms with van der Waals surface area (Å²) in [5.41, 5.74) is 5.21. The summed E-state index contributed by atoms with van der Waals surface area (Å²) in [4.78, 5) is 2.59. The van der Waals surface area contributed by atoms with Crippen LogP contribution in [-0.2, 0) is 0 Å². The highest BCUT2D eigenvalue weighted by molar-refractivity contribution is 6.30. The molecule has 3 nitrogen and oxygen atoms in total. The summed E-state index contributed by atoms with van der Waals surface area (Å²) < 4.78 is 6.02. The van der Waals surface area contributed by atoms with Gasteiger partial charge in [-0.3, -0.25) is 0 Å². The first-order chi connectivity index (χ1) is 11.3. The van der Waals surface area contributed by atoms with E-state index >= 15 is 0 Å². The van der Waals surface area contributed by atoms with E-state index in [0.717, 1.165) is 37.0 Å². The van der Waals surface area contributed by atoms with E-state index in [-0.39, 0.29) is 0 Å². The molecule has 2 aromatic rings. The summed E-state index contributed by atoms with van der Waals surface area (Å²) in [6, 6.07) is 13.3. The van der Waals surface area contributed by atoms with Gasteiger partial charge in [0.1, 0.15) is 12.4 Å². The first-order valence-corrected chi connectivity index (χ1v) is 8.73. The van der Waals surface area contributed by atoms with E-state index in [0.29, 0.717) is 12.0 Å². The number of anilines is 1.